The third-order valence-electron chi connectivity index (χ3n) is 2.62. The minimum Gasteiger partial charge on any atom is -0.481 e. The number of benzene rings is 1. The molecule has 0 aliphatic rings. The van der Waals surface area contributed by atoms with Gasteiger partial charge in [-0.3, -0.25) is 4.79 Å². The fourth-order valence-corrected chi connectivity index (χ4v) is 3.10. The molecule has 0 aliphatic carbocycles. The molecule has 0 atom stereocenters. The number of sulfonamides is 1. The molecule has 0 bridgehead atoms. The van der Waals surface area contributed by atoms with E-state index in [9.17, 15) is 13.2 Å². The predicted molar refractivity (Wildman–Crippen MR) is 70.7 cm³/mol. The van der Waals surface area contributed by atoms with Crippen LogP contribution in [-0.2, 0) is 21.2 Å². The quantitative estimate of drug-likeness (QED) is 0.584. The van der Waals surface area contributed by atoms with Crippen LogP contribution in [0.1, 0.15) is 5.56 Å². The molecule has 1 rings (SSSR count). The van der Waals surface area contributed by atoms with Gasteiger partial charge in [-0.2, -0.15) is 4.31 Å². The number of rotatable bonds is 8. The molecule has 8 heteroatoms. The molecule has 0 heterocycles. The molecule has 112 valence electrons. The van der Waals surface area contributed by atoms with Crippen LogP contribution in [0.3, 0.4) is 0 Å². The Morgan fingerprint density at radius 1 is 1.05 bits per heavy atom. The number of hydrogen-bond donors (Lipinski definition) is 3. The molecule has 1 aromatic rings. The molecule has 0 saturated carbocycles. The molecule has 1 aromatic carbocycles. The van der Waals surface area contributed by atoms with E-state index >= 15 is 0 Å². The van der Waals surface area contributed by atoms with Crippen LogP contribution in [0, 0.1) is 0 Å². The summed E-state index contributed by atoms with van der Waals surface area (Å²) in [7, 11) is -3.80. The molecule has 3 N–H and O–H groups in total. The first-order chi connectivity index (χ1) is 9.41. The Labute approximate surface area is 117 Å². The summed E-state index contributed by atoms with van der Waals surface area (Å²) in [5.41, 5.74) is 0.493. The lowest BCUT2D eigenvalue weighted by molar-refractivity contribution is -0.136. The summed E-state index contributed by atoms with van der Waals surface area (Å²) in [6.07, 6.45) is -0.183. The molecular formula is C12H17NO6S. The molecule has 0 spiro atoms. The Hall–Kier alpha value is -1.48. The molecule has 7 nitrogen and oxygen atoms in total. The van der Waals surface area contributed by atoms with E-state index in [-0.39, 0.29) is 37.6 Å². The van der Waals surface area contributed by atoms with Crippen LogP contribution in [0.15, 0.2) is 29.2 Å². The van der Waals surface area contributed by atoms with Crippen LogP contribution in [0.2, 0.25) is 0 Å². The summed E-state index contributed by atoms with van der Waals surface area (Å²) >= 11 is 0. The van der Waals surface area contributed by atoms with Gasteiger partial charge in [-0.1, -0.05) is 12.1 Å². The largest absolute Gasteiger partial charge is 0.481 e. The van der Waals surface area contributed by atoms with Crippen molar-refractivity contribution in [2.75, 3.05) is 26.3 Å². The zero-order chi connectivity index (χ0) is 15.2. The molecule has 0 fully saturated rings. The van der Waals surface area contributed by atoms with Crippen LogP contribution in [0.5, 0.6) is 0 Å². The van der Waals surface area contributed by atoms with Crippen molar-refractivity contribution in [3.8, 4) is 0 Å². The van der Waals surface area contributed by atoms with Crippen molar-refractivity contribution in [3.63, 3.8) is 0 Å². The average Bonchev–Trinajstić information content (AvgIpc) is 2.38. The van der Waals surface area contributed by atoms with Crippen LogP contribution in [0.25, 0.3) is 0 Å². The molecule has 0 unspecified atom stereocenters. The molecule has 0 aliphatic heterocycles. The fraction of sp³-hybridized carbons (Fsp3) is 0.417. The second-order valence-electron chi connectivity index (χ2n) is 4.07. The SMILES string of the molecule is O=C(O)Cc1ccc(S(=O)(=O)N(CCO)CCO)cc1. The van der Waals surface area contributed by atoms with Gasteiger partial charge in [-0.25, -0.2) is 8.42 Å². The molecular weight excluding hydrogens is 286 g/mol. The monoisotopic (exact) mass is 303 g/mol. The third-order valence-corrected chi connectivity index (χ3v) is 4.53. The second kappa shape index (κ2) is 7.34. The normalized spacial score (nSPS) is 11.8. The molecule has 20 heavy (non-hydrogen) atoms. The zero-order valence-corrected chi connectivity index (χ0v) is 11.6. The summed E-state index contributed by atoms with van der Waals surface area (Å²) in [5.74, 6) is -0.997. The Bertz CT molecular complexity index is 534. The van der Waals surface area contributed by atoms with Crippen molar-refractivity contribution in [2.24, 2.45) is 0 Å². The smallest absolute Gasteiger partial charge is 0.307 e. The number of carbonyl (C=O) groups is 1. The highest BCUT2D eigenvalue weighted by atomic mass is 32.2. The maximum atomic E-state index is 12.2. The number of nitrogens with zero attached hydrogens (tertiary/aromatic N) is 1. The van der Waals surface area contributed by atoms with Crippen LogP contribution in [-0.4, -0.2) is 60.3 Å². The standard InChI is InChI=1S/C12H17NO6S/c14-7-5-13(6-8-15)20(18,19)11-3-1-10(2-4-11)9-12(16)17/h1-4,14-15H,5-9H2,(H,16,17). The van der Waals surface area contributed by atoms with Gasteiger partial charge in [0.2, 0.25) is 10.0 Å². The van der Waals surface area contributed by atoms with E-state index < -0.39 is 16.0 Å². The maximum Gasteiger partial charge on any atom is 0.307 e. The number of aliphatic carboxylic acids is 1. The van der Waals surface area contributed by atoms with Gasteiger partial charge in [0.25, 0.3) is 0 Å². The van der Waals surface area contributed by atoms with Crippen molar-refractivity contribution in [1.29, 1.82) is 0 Å². The number of carboxylic acid groups (broad SMARTS) is 1. The van der Waals surface area contributed by atoms with Gasteiger partial charge in [-0.05, 0) is 17.7 Å². The van der Waals surface area contributed by atoms with E-state index in [2.05, 4.69) is 0 Å². The van der Waals surface area contributed by atoms with Crippen molar-refractivity contribution >= 4 is 16.0 Å². The Balaban J connectivity index is 2.98. The van der Waals surface area contributed by atoms with Gasteiger partial charge in [-0.15, -0.1) is 0 Å². The molecule has 0 saturated heterocycles. The van der Waals surface area contributed by atoms with E-state index in [0.717, 1.165) is 4.31 Å². The Morgan fingerprint density at radius 2 is 1.55 bits per heavy atom. The number of carboxylic acids is 1. The first kappa shape index (κ1) is 16.6. The zero-order valence-electron chi connectivity index (χ0n) is 10.8. The van der Waals surface area contributed by atoms with Gasteiger partial charge in [0.15, 0.2) is 0 Å². The van der Waals surface area contributed by atoms with E-state index in [1.807, 2.05) is 0 Å². The first-order valence-corrected chi connectivity index (χ1v) is 7.38. The number of aliphatic hydroxyl groups excluding tert-OH is 2. The highest BCUT2D eigenvalue weighted by Gasteiger charge is 2.23. The number of hydrogen-bond acceptors (Lipinski definition) is 5. The van der Waals surface area contributed by atoms with Crippen molar-refractivity contribution < 1.29 is 28.5 Å². The van der Waals surface area contributed by atoms with Gasteiger partial charge >= 0.3 is 5.97 Å². The van der Waals surface area contributed by atoms with E-state index in [0.29, 0.717) is 5.56 Å². The van der Waals surface area contributed by atoms with Crippen LogP contribution in [0.4, 0.5) is 0 Å². The topological polar surface area (TPSA) is 115 Å². The first-order valence-electron chi connectivity index (χ1n) is 5.94. The molecule has 0 amide bonds. The third kappa shape index (κ3) is 4.27. The van der Waals surface area contributed by atoms with E-state index in [1.54, 1.807) is 0 Å². The highest BCUT2D eigenvalue weighted by Crippen LogP contribution is 2.16. The van der Waals surface area contributed by atoms with Gasteiger partial charge < -0.3 is 15.3 Å². The lowest BCUT2D eigenvalue weighted by atomic mass is 10.2. The van der Waals surface area contributed by atoms with Crippen molar-refractivity contribution in [2.45, 2.75) is 11.3 Å². The summed E-state index contributed by atoms with van der Waals surface area (Å²) < 4.78 is 25.4. The molecule has 0 aromatic heterocycles. The van der Waals surface area contributed by atoms with Gasteiger partial charge in [0, 0.05) is 13.1 Å². The average molecular weight is 303 g/mol. The second-order valence-corrected chi connectivity index (χ2v) is 6.00. The minimum atomic E-state index is -3.80. The summed E-state index contributed by atoms with van der Waals surface area (Å²) in [4.78, 5) is 10.5. The Morgan fingerprint density at radius 3 is 1.95 bits per heavy atom. The summed E-state index contributed by atoms with van der Waals surface area (Å²) in [6, 6.07) is 5.48. The predicted octanol–water partition coefficient (Wildman–Crippen LogP) is -0.711. The van der Waals surface area contributed by atoms with E-state index in [4.69, 9.17) is 15.3 Å². The van der Waals surface area contributed by atoms with Crippen molar-refractivity contribution in [3.05, 3.63) is 29.8 Å². The van der Waals surface area contributed by atoms with Crippen molar-refractivity contribution in [1.82, 2.24) is 4.31 Å². The van der Waals surface area contributed by atoms with Gasteiger partial charge in [0.1, 0.15) is 0 Å². The lowest BCUT2D eigenvalue weighted by Gasteiger charge is -2.20. The molecule has 0 radical (unpaired) electrons. The fourth-order valence-electron chi connectivity index (χ4n) is 1.68. The number of aliphatic hydroxyl groups is 2. The Kier molecular flexibility index (Phi) is 6.08. The van der Waals surface area contributed by atoms with Gasteiger partial charge in [0.05, 0.1) is 24.5 Å². The maximum absolute atomic E-state index is 12.2. The highest BCUT2D eigenvalue weighted by molar-refractivity contribution is 7.89. The van der Waals surface area contributed by atoms with Crippen LogP contribution >= 0.6 is 0 Å². The minimum absolute atomic E-state index is 0.00598. The lowest BCUT2D eigenvalue weighted by Crippen LogP contribution is -2.35. The van der Waals surface area contributed by atoms with Crippen LogP contribution < -0.4 is 0 Å². The summed E-state index contributed by atoms with van der Waals surface area (Å²) in [6.45, 7) is -0.924. The summed E-state index contributed by atoms with van der Waals surface area (Å²) in [5, 5.41) is 26.4. The van der Waals surface area contributed by atoms with E-state index in [1.165, 1.54) is 24.3 Å².